The number of hydrogen-bond acceptors (Lipinski definition) is 3. The van der Waals surface area contributed by atoms with Gasteiger partial charge in [-0.3, -0.25) is 9.59 Å². The molecule has 0 aliphatic carbocycles. The van der Waals surface area contributed by atoms with E-state index in [0.717, 1.165) is 0 Å². The van der Waals surface area contributed by atoms with Crippen LogP contribution >= 0.6 is 11.6 Å². The SMILES string of the molecule is Cc1c(NC(=O)CC(O)c2ccc(Cl)cc2)cccc1C(N)=O. The largest absolute Gasteiger partial charge is 0.388 e. The summed E-state index contributed by atoms with van der Waals surface area (Å²) >= 11 is 5.79. The number of aliphatic hydroxyl groups is 1. The van der Waals surface area contributed by atoms with Crippen molar-refractivity contribution in [3.63, 3.8) is 0 Å². The van der Waals surface area contributed by atoms with Gasteiger partial charge in [-0.15, -0.1) is 0 Å². The maximum atomic E-state index is 12.1. The molecule has 2 rings (SSSR count). The Balaban J connectivity index is 2.06. The van der Waals surface area contributed by atoms with Gasteiger partial charge in [0, 0.05) is 16.3 Å². The molecule has 0 saturated heterocycles. The molecule has 6 heteroatoms. The number of rotatable bonds is 5. The van der Waals surface area contributed by atoms with Crippen molar-refractivity contribution in [1.82, 2.24) is 0 Å². The van der Waals surface area contributed by atoms with Crippen LogP contribution in [0.5, 0.6) is 0 Å². The molecule has 4 N–H and O–H groups in total. The van der Waals surface area contributed by atoms with Gasteiger partial charge in [0.25, 0.3) is 0 Å². The number of carbonyl (C=O) groups is 2. The van der Waals surface area contributed by atoms with Crippen LogP contribution in [0.3, 0.4) is 0 Å². The number of halogens is 1. The first-order valence-electron chi connectivity index (χ1n) is 7.01. The monoisotopic (exact) mass is 332 g/mol. The minimum atomic E-state index is -0.938. The minimum Gasteiger partial charge on any atom is -0.388 e. The maximum absolute atomic E-state index is 12.1. The predicted molar refractivity (Wildman–Crippen MR) is 89.4 cm³/mol. The van der Waals surface area contributed by atoms with E-state index in [0.29, 0.717) is 27.4 Å². The van der Waals surface area contributed by atoms with E-state index in [-0.39, 0.29) is 12.3 Å². The summed E-state index contributed by atoms with van der Waals surface area (Å²) < 4.78 is 0. The highest BCUT2D eigenvalue weighted by atomic mass is 35.5. The van der Waals surface area contributed by atoms with Crippen LogP contribution in [0.2, 0.25) is 5.02 Å². The molecule has 0 aromatic heterocycles. The number of amides is 2. The molecule has 5 nitrogen and oxygen atoms in total. The molecule has 0 heterocycles. The summed E-state index contributed by atoms with van der Waals surface area (Å²) in [5.41, 5.74) is 7.32. The van der Waals surface area contributed by atoms with Gasteiger partial charge in [-0.1, -0.05) is 29.8 Å². The summed E-state index contributed by atoms with van der Waals surface area (Å²) in [6.07, 6.45) is -1.05. The quantitative estimate of drug-likeness (QED) is 0.786. The molecule has 0 aliphatic heterocycles. The molecule has 0 bridgehead atoms. The molecule has 0 aliphatic rings. The van der Waals surface area contributed by atoms with E-state index >= 15 is 0 Å². The Morgan fingerprint density at radius 3 is 2.48 bits per heavy atom. The summed E-state index contributed by atoms with van der Waals surface area (Å²) in [7, 11) is 0. The van der Waals surface area contributed by atoms with Gasteiger partial charge in [-0.05, 0) is 42.3 Å². The summed E-state index contributed by atoms with van der Waals surface area (Å²) in [6.45, 7) is 1.70. The summed E-state index contributed by atoms with van der Waals surface area (Å²) in [5, 5.41) is 13.3. The van der Waals surface area contributed by atoms with Gasteiger partial charge in [0.1, 0.15) is 0 Å². The molecule has 0 saturated carbocycles. The van der Waals surface area contributed by atoms with Gasteiger partial charge in [0.05, 0.1) is 12.5 Å². The van der Waals surface area contributed by atoms with Crippen molar-refractivity contribution < 1.29 is 14.7 Å². The lowest BCUT2D eigenvalue weighted by Gasteiger charge is -2.13. The number of primary amides is 1. The van der Waals surface area contributed by atoms with Gasteiger partial charge in [0.15, 0.2) is 0 Å². The Kier molecular flexibility index (Phi) is 5.36. The van der Waals surface area contributed by atoms with E-state index in [1.165, 1.54) is 0 Å². The highest BCUT2D eigenvalue weighted by Gasteiger charge is 2.15. The van der Waals surface area contributed by atoms with Crippen molar-refractivity contribution in [3.05, 3.63) is 64.2 Å². The molecule has 23 heavy (non-hydrogen) atoms. The van der Waals surface area contributed by atoms with E-state index in [4.69, 9.17) is 17.3 Å². The van der Waals surface area contributed by atoms with Crippen molar-refractivity contribution in [2.24, 2.45) is 5.73 Å². The molecular weight excluding hydrogens is 316 g/mol. The topological polar surface area (TPSA) is 92.4 Å². The molecule has 1 atom stereocenters. The normalized spacial score (nSPS) is 11.8. The number of anilines is 1. The summed E-state index contributed by atoms with van der Waals surface area (Å²) in [6, 6.07) is 11.5. The fourth-order valence-electron chi connectivity index (χ4n) is 2.22. The van der Waals surface area contributed by atoms with Crippen LogP contribution in [-0.2, 0) is 4.79 Å². The lowest BCUT2D eigenvalue weighted by Crippen LogP contribution is -2.18. The third kappa shape index (κ3) is 4.31. The molecule has 2 aromatic rings. The lowest BCUT2D eigenvalue weighted by molar-refractivity contribution is -0.118. The van der Waals surface area contributed by atoms with Crippen molar-refractivity contribution in [2.45, 2.75) is 19.4 Å². The van der Waals surface area contributed by atoms with Gasteiger partial charge in [0.2, 0.25) is 11.8 Å². The molecule has 1 unspecified atom stereocenters. The Morgan fingerprint density at radius 1 is 1.22 bits per heavy atom. The van der Waals surface area contributed by atoms with Crippen molar-refractivity contribution >= 4 is 29.1 Å². The van der Waals surface area contributed by atoms with Crippen LogP contribution in [0, 0.1) is 6.92 Å². The Labute approximate surface area is 139 Å². The van der Waals surface area contributed by atoms with E-state index in [2.05, 4.69) is 5.32 Å². The van der Waals surface area contributed by atoms with Crippen LogP contribution < -0.4 is 11.1 Å². The van der Waals surface area contributed by atoms with E-state index < -0.39 is 12.0 Å². The van der Waals surface area contributed by atoms with Gasteiger partial charge in [-0.25, -0.2) is 0 Å². The Morgan fingerprint density at radius 2 is 1.87 bits per heavy atom. The third-order valence-corrected chi connectivity index (χ3v) is 3.76. The Bertz CT molecular complexity index is 729. The average Bonchev–Trinajstić information content (AvgIpc) is 2.49. The standard InChI is InChI=1S/C17H17ClN2O3/c1-10-13(17(19)23)3-2-4-14(10)20-16(22)9-15(21)11-5-7-12(18)8-6-11/h2-8,15,21H,9H2,1H3,(H2,19,23)(H,20,22). The number of nitrogens with two attached hydrogens (primary N) is 1. The lowest BCUT2D eigenvalue weighted by atomic mass is 10.0. The number of carbonyl (C=O) groups excluding carboxylic acids is 2. The fourth-order valence-corrected chi connectivity index (χ4v) is 2.34. The first-order chi connectivity index (χ1) is 10.9. The highest BCUT2D eigenvalue weighted by molar-refractivity contribution is 6.30. The van der Waals surface area contributed by atoms with E-state index in [1.807, 2.05) is 0 Å². The van der Waals surface area contributed by atoms with E-state index in [9.17, 15) is 14.7 Å². The first kappa shape index (κ1) is 17.0. The van der Waals surface area contributed by atoms with Gasteiger partial charge in [-0.2, -0.15) is 0 Å². The second-order valence-electron chi connectivity index (χ2n) is 5.16. The molecule has 2 aromatic carbocycles. The summed E-state index contributed by atoms with van der Waals surface area (Å²) in [5.74, 6) is -0.919. The van der Waals surface area contributed by atoms with Crippen LogP contribution in [0.25, 0.3) is 0 Å². The number of benzene rings is 2. The molecule has 2 amide bonds. The van der Waals surface area contributed by atoms with Gasteiger partial charge < -0.3 is 16.2 Å². The summed E-state index contributed by atoms with van der Waals surface area (Å²) in [4.78, 5) is 23.4. The zero-order valence-electron chi connectivity index (χ0n) is 12.5. The number of aliphatic hydroxyl groups excluding tert-OH is 1. The van der Waals surface area contributed by atoms with Gasteiger partial charge >= 0.3 is 0 Å². The predicted octanol–water partition coefficient (Wildman–Crippen LogP) is 2.81. The fraction of sp³-hybridized carbons (Fsp3) is 0.176. The minimum absolute atomic E-state index is 0.109. The van der Waals surface area contributed by atoms with Crippen molar-refractivity contribution in [2.75, 3.05) is 5.32 Å². The second kappa shape index (κ2) is 7.26. The molecule has 120 valence electrons. The van der Waals surface area contributed by atoms with Crippen LogP contribution in [0.15, 0.2) is 42.5 Å². The van der Waals surface area contributed by atoms with Crippen molar-refractivity contribution in [1.29, 1.82) is 0 Å². The second-order valence-corrected chi connectivity index (χ2v) is 5.60. The smallest absolute Gasteiger partial charge is 0.249 e. The van der Waals surface area contributed by atoms with Crippen LogP contribution in [-0.4, -0.2) is 16.9 Å². The highest BCUT2D eigenvalue weighted by Crippen LogP contribution is 2.22. The maximum Gasteiger partial charge on any atom is 0.249 e. The van der Waals surface area contributed by atoms with Crippen LogP contribution in [0.4, 0.5) is 5.69 Å². The molecular formula is C17H17ClN2O3. The van der Waals surface area contributed by atoms with Crippen LogP contribution in [0.1, 0.15) is 34.0 Å². The molecule has 0 radical (unpaired) electrons. The van der Waals surface area contributed by atoms with E-state index in [1.54, 1.807) is 49.4 Å². The zero-order valence-corrected chi connectivity index (χ0v) is 13.3. The average molecular weight is 333 g/mol. The third-order valence-electron chi connectivity index (χ3n) is 3.51. The first-order valence-corrected chi connectivity index (χ1v) is 7.39. The number of hydrogen-bond donors (Lipinski definition) is 3. The zero-order chi connectivity index (χ0) is 17.0. The Hall–Kier alpha value is -2.37. The number of nitrogens with one attached hydrogen (secondary N) is 1. The molecule has 0 spiro atoms. The van der Waals surface area contributed by atoms with Crippen molar-refractivity contribution in [3.8, 4) is 0 Å². The molecule has 0 fully saturated rings.